The first-order valence-corrected chi connectivity index (χ1v) is 8.43. The summed E-state index contributed by atoms with van der Waals surface area (Å²) in [5.74, 6) is -1.55. The third-order valence-corrected chi connectivity index (χ3v) is 4.22. The van der Waals surface area contributed by atoms with Gasteiger partial charge in [-0.2, -0.15) is 0 Å². The fraction of sp³-hybridized carbons (Fsp3) is 0.286. The van der Waals surface area contributed by atoms with Crippen LogP contribution in [-0.2, 0) is 20.9 Å². The quantitative estimate of drug-likeness (QED) is 0.769. The van der Waals surface area contributed by atoms with Crippen LogP contribution in [0.3, 0.4) is 0 Å². The Hall–Kier alpha value is -2.95. The third kappa shape index (κ3) is 5.02. The van der Waals surface area contributed by atoms with Crippen molar-refractivity contribution in [3.63, 3.8) is 0 Å². The Labute approximate surface area is 153 Å². The lowest BCUT2D eigenvalue weighted by molar-refractivity contribution is -0.131. The van der Waals surface area contributed by atoms with Gasteiger partial charge in [-0.25, -0.2) is 4.79 Å². The lowest BCUT2D eigenvalue weighted by Gasteiger charge is -2.26. The number of benzene rings is 2. The van der Waals surface area contributed by atoms with E-state index in [-0.39, 0.29) is 18.2 Å². The monoisotopic (exact) mass is 353 g/mol. The summed E-state index contributed by atoms with van der Waals surface area (Å²) >= 11 is 0. The van der Waals surface area contributed by atoms with E-state index in [9.17, 15) is 14.4 Å². The number of carbonyl (C=O) groups is 3. The molecule has 0 heterocycles. The van der Waals surface area contributed by atoms with Gasteiger partial charge < -0.3 is 10.1 Å². The lowest BCUT2D eigenvalue weighted by atomic mass is 9.85. The number of hydrogen-bond acceptors (Lipinski definition) is 4. The predicted molar refractivity (Wildman–Crippen MR) is 98.5 cm³/mol. The molecule has 0 aliphatic heterocycles. The zero-order valence-electron chi connectivity index (χ0n) is 15.2. The molecule has 0 spiro atoms. The molecule has 1 unspecified atom stereocenters. The van der Waals surface area contributed by atoms with Gasteiger partial charge in [-0.05, 0) is 37.5 Å². The maximum Gasteiger partial charge on any atom is 0.407 e. The molecular formula is C21H23NO4. The molecule has 0 bridgehead atoms. The first kappa shape index (κ1) is 19.4. The van der Waals surface area contributed by atoms with Crippen LogP contribution in [0.1, 0.15) is 36.6 Å². The van der Waals surface area contributed by atoms with Crippen LogP contribution >= 0.6 is 0 Å². The minimum absolute atomic E-state index is 0.109. The Bertz CT molecular complexity index is 772. The van der Waals surface area contributed by atoms with Crippen molar-refractivity contribution < 1.29 is 19.1 Å². The molecule has 0 saturated heterocycles. The van der Waals surface area contributed by atoms with Crippen LogP contribution in [0.15, 0.2) is 54.6 Å². The molecule has 5 nitrogen and oxygen atoms in total. The molecule has 0 fully saturated rings. The topological polar surface area (TPSA) is 72.5 Å². The van der Waals surface area contributed by atoms with Crippen LogP contribution in [0.25, 0.3) is 0 Å². The summed E-state index contributed by atoms with van der Waals surface area (Å²) in [4.78, 5) is 36.4. The largest absolute Gasteiger partial charge is 0.445 e. The van der Waals surface area contributed by atoms with Gasteiger partial charge in [-0.15, -0.1) is 0 Å². The van der Waals surface area contributed by atoms with Crippen LogP contribution in [0, 0.1) is 12.8 Å². The smallest absolute Gasteiger partial charge is 0.407 e. The minimum Gasteiger partial charge on any atom is -0.445 e. The summed E-state index contributed by atoms with van der Waals surface area (Å²) in [6.07, 6.45) is -0.672. The number of alkyl carbamates (subject to hydrolysis) is 1. The number of carbonyl (C=O) groups excluding carboxylic acids is 3. The highest BCUT2D eigenvalue weighted by atomic mass is 16.5. The van der Waals surface area contributed by atoms with Gasteiger partial charge in [0.1, 0.15) is 24.1 Å². The number of rotatable bonds is 7. The van der Waals surface area contributed by atoms with Crippen molar-refractivity contribution >= 4 is 17.7 Å². The van der Waals surface area contributed by atoms with E-state index in [2.05, 4.69) is 5.32 Å². The maximum atomic E-state index is 12.3. The fourth-order valence-corrected chi connectivity index (χ4v) is 2.92. The molecule has 2 rings (SSSR count). The zero-order valence-corrected chi connectivity index (χ0v) is 15.2. The lowest BCUT2D eigenvalue weighted by Crippen LogP contribution is -2.39. The highest BCUT2D eigenvalue weighted by molar-refractivity contribution is 6.01. The number of ether oxygens (including phenoxy) is 1. The van der Waals surface area contributed by atoms with E-state index >= 15 is 0 Å². The van der Waals surface area contributed by atoms with Gasteiger partial charge in [0.25, 0.3) is 0 Å². The molecule has 0 radical (unpaired) electrons. The molecule has 1 N–H and O–H groups in total. The van der Waals surface area contributed by atoms with Gasteiger partial charge in [0.15, 0.2) is 0 Å². The molecule has 1 atom stereocenters. The van der Waals surface area contributed by atoms with Gasteiger partial charge in [0.05, 0.1) is 6.04 Å². The molecule has 2 aromatic carbocycles. The highest BCUT2D eigenvalue weighted by Crippen LogP contribution is 2.27. The summed E-state index contributed by atoms with van der Waals surface area (Å²) in [6, 6.07) is 15.9. The Kier molecular flexibility index (Phi) is 6.67. The molecule has 136 valence electrons. The van der Waals surface area contributed by atoms with Crippen molar-refractivity contribution in [2.45, 2.75) is 33.4 Å². The zero-order chi connectivity index (χ0) is 19.1. The summed E-state index contributed by atoms with van der Waals surface area (Å²) < 4.78 is 5.26. The summed E-state index contributed by atoms with van der Waals surface area (Å²) in [6.45, 7) is 4.69. The Morgan fingerprint density at radius 3 is 2.08 bits per heavy atom. The molecule has 26 heavy (non-hydrogen) atoms. The van der Waals surface area contributed by atoms with E-state index in [1.54, 1.807) is 6.07 Å². The van der Waals surface area contributed by atoms with Crippen molar-refractivity contribution in [1.82, 2.24) is 5.32 Å². The van der Waals surface area contributed by atoms with E-state index in [0.29, 0.717) is 0 Å². The van der Waals surface area contributed by atoms with Crippen molar-refractivity contribution in [2.24, 2.45) is 5.92 Å². The second-order valence-electron chi connectivity index (χ2n) is 6.24. The van der Waals surface area contributed by atoms with Gasteiger partial charge in [-0.1, -0.05) is 54.6 Å². The average Bonchev–Trinajstić information content (AvgIpc) is 2.60. The van der Waals surface area contributed by atoms with Crippen LogP contribution in [0.5, 0.6) is 0 Å². The van der Waals surface area contributed by atoms with Crippen molar-refractivity contribution in [2.75, 3.05) is 0 Å². The Morgan fingerprint density at radius 1 is 0.923 bits per heavy atom. The van der Waals surface area contributed by atoms with Crippen LogP contribution in [0.4, 0.5) is 4.79 Å². The van der Waals surface area contributed by atoms with E-state index < -0.39 is 18.1 Å². The first-order chi connectivity index (χ1) is 12.4. The second kappa shape index (κ2) is 8.94. The summed E-state index contributed by atoms with van der Waals surface area (Å²) in [5, 5.41) is 2.70. The van der Waals surface area contributed by atoms with E-state index in [1.165, 1.54) is 13.8 Å². The van der Waals surface area contributed by atoms with Crippen LogP contribution in [0.2, 0.25) is 0 Å². The van der Waals surface area contributed by atoms with Crippen molar-refractivity contribution in [1.29, 1.82) is 0 Å². The van der Waals surface area contributed by atoms with Crippen molar-refractivity contribution in [3.8, 4) is 0 Å². The molecule has 5 heteroatoms. The molecule has 1 amide bonds. The van der Waals surface area contributed by atoms with Gasteiger partial charge in [0, 0.05) is 0 Å². The van der Waals surface area contributed by atoms with Crippen molar-refractivity contribution in [3.05, 3.63) is 71.3 Å². The molecular weight excluding hydrogens is 330 g/mol. The van der Waals surface area contributed by atoms with Gasteiger partial charge >= 0.3 is 6.09 Å². The number of nitrogens with one attached hydrogen (secondary N) is 1. The van der Waals surface area contributed by atoms with E-state index in [0.717, 1.165) is 16.7 Å². The fourth-order valence-electron chi connectivity index (χ4n) is 2.92. The highest BCUT2D eigenvalue weighted by Gasteiger charge is 2.33. The number of hydrogen-bond donors (Lipinski definition) is 1. The number of ketones is 2. The summed E-state index contributed by atoms with van der Waals surface area (Å²) in [5.41, 5.74) is 2.46. The Balaban J connectivity index is 2.21. The van der Waals surface area contributed by atoms with E-state index in [1.807, 2.05) is 55.5 Å². The van der Waals surface area contributed by atoms with Crippen LogP contribution < -0.4 is 5.32 Å². The predicted octanol–water partition coefficient (Wildman–Crippen LogP) is 3.76. The normalized spacial score (nSPS) is 11.7. The molecule has 0 aliphatic carbocycles. The molecule has 0 aromatic heterocycles. The van der Waals surface area contributed by atoms with Gasteiger partial charge in [0.2, 0.25) is 0 Å². The number of amides is 1. The number of Topliss-reactive ketones (excluding diaryl/α,β-unsaturated/α-hetero) is 2. The third-order valence-electron chi connectivity index (χ3n) is 4.22. The van der Waals surface area contributed by atoms with Crippen LogP contribution in [-0.4, -0.2) is 17.7 Å². The van der Waals surface area contributed by atoms with E-state index in [4.69, 9.17) is 4.74 Å². The second-order valence-corrected chi connectivity index (χ2v) is 6.24. The standard InChI is InChI=1S/C21H23NO4/c1-14-9-7-8-12-18(14)20(19(15(2)23)16(3)24)22-21(25)26-13-17-10-5-4-6-11-17/h4-12,19-20H,13H2,1-3H3,(H,22,25). The number of aryl methyl sites for hydroxylation is 1. The first-order valence-electron chi connectivity index (χ1n) is 8.43. The SMILES string of the molecule is CC(=O)C(C(C)=O)C(NC(=O)OCc1ccccc1)c1ccccc1C. The maximum absolute atomic E-state index is 12.3. The average molecular weight is 353 g/mol. The molecule has 2 aromatic rings. The van der Waals surface area contributed by atoms with Gasteiger partial charge in [-0.3, -0.25) is 9.59 Å². The minimum atomic E-state index is -0.958. The Morgan fingerprint density at radius 2 is 1.50 bits per heavy atom. The molecule has 0 saturated carbocycles. The summed E-state index contributed by atoms with van der Waals surface area (Å²) in [7, 11) is 0. The molecule has 0 aliphatic rings.